The Hall–Kier alpha value is -2.24. The summed E-state index contributed by atoms with van der Waals surface area (Å²) in [7, 11) is 4.08. The minimum atomic E-state index is -0.187. The highest BCUT2D eigenvalue weighted by Crippen LogP contribution is 2.32. The minimum absolute atomic E-state index is 0.0449. The van der Waals surface area contributed by atoms with Gasteiger partial charge in [-0.05, 0) is 56.4 Å². The van der Waals surface area contributed by atoms with E-state index in [9.17, 15) is 9.59 Å². The van der Waals surface area contributed by atoms with Gasteiger partial charge in [0, 0.05) is 51.1 Å². The second kappa shape index (κ2) is 6.82. The lowest BCUT2D eigenvalue weighted by Gasteiger charge is -2.36. The maximum absolute atomic E-state index is 12.7. The van der Waals surface area contributed by atoms with Crippen molar-refractivity contribution in [2.24, 2.45) is 0 Å². The fraction of sp³-hybridized carbons (Fsp3) is 0.600. The van der Waals surface area contributed by atoms with E-state index in [1.165, 1.54) is 11.4 Å². The molecule has 1 unspecified atom stereocenters. The fourth-order valence-corrected chi connectivity index (χ4v) is 4.49. The standard InChI is InChI=1S/C20H28N4O2/c1-21(2)15-6-8-16(9-7-15)22-13-10-17(11-14-22)24-19(25)18-5-3-4-12-23(18)20(24)26/h6-9,17-18H,3-5,10-14H2,1-2H3. The summed E-state index contributed by atoms with van der Waals surface area (Å²) in [4.78, 5) is 33.3. The van der Waals surface area contributed by atoms with Crippen molar-refractivity contribution in [3.63, 3.8) is 0 Å². The van der Waals surface area contributed by atoms with Crippen molar-refractivity contribution in [3.8, 4) is 0 Å². The summed E-state index contributed by atoms with van der Waals surface area (Å²) in [5.41, 5.74) is 2.40. The lowest BCUT2D eigenvalue weighted by Crippen LogP contribution is -2.48. The molecule has 140 valence electrons. The van der Waals surface area contributed by atoms with Crippen molar-refractivity contribution in [2.45, 2.75) is 44.2 Å². The van der Waals surface area contributed by atoms with Gasteiger partial charge in [0.1, 0.15) is 6.04 Å². The van der Waals surface area contributed by atoms with E-state index >= 15 is 0 Å². The predicted molar refractivity (Wildman–Crippen MR) is 103 cm³/mol. The molecule has 0 saturated carbocycles. The average molecular weight is 356 g/mol. The largest absolute Gasteiger partial charge is 0.378 e. The number of nitrogens with zero attached hydrogens (tertiary/aromatic N) is 4. The molecule has 4 rings (SSSR count). The van der Waals surface area contributed by atoms with Crippen LogP contribution in [0.2, 0.25) is 0 Å². The van der Waals surface area contributed by atoms with Gasteiger partial charge in [0.05, 0.1) is 0 Å². The van der Waals surface area contributed by atoms with Crippen molar-refractivity contribution in [2.75, 3.05) is 43.5 Å². The molecule has 0 N–H and O–H groups in total. The number of urea groups is 1. The van der Waals surface area contributed by atoms with E-state index in [-0.39, 0.29) is 24.0 Å². The number of carbonyl (C=O) groups is 2. The molecule has 6 nitrogen and oxygen atoms in total. The highest BCUT2D eigenvalue weighted by atomic mass is 16.2. The van der Waals surface area contributed by atoms with Crippen molar-refractivity contribution < 1.29 is 9.59 Å². The highest BCUT2D eigenvalue weighted by Gasteiger charge is 2.48. The lowest BCUT2D eigenvalue weighted by atomic mass is 10.0. The monoisotopic (exact) mass is 356 g/mol. The van der Waals surface area contributed by atoms with E-state index in [0.717, 1.165) is 51.7 Å². The summed E-state index contributed by atoms with van der Waals surface area (Å²) in [6.45, 7) is 2.50. The van der Waals surface area contributed by atoms with Crippen molar-refractivity contribution in [1.82, 2.24) is 9.80 Å². The van der Waals surface area contributed by atoms with Gasteiger partial charge in [-0.2, -0.15) is 0 Å². The molecule has 0 radical (unpaired) electrons. The Morgan fingerprint density at radius 3 is 2.23 bits per heavy atom. The summed E-state index contributed by atoms with van der Waals surface area (Å²) in [6, 6.07) is 8.39. The first kappa shape index (κ1) is 17.2. The minimum Gasteiger partial charge on any atom is -0.378 e. The van der Waals surface area contributed by atoms with Crippen molar-refractivity contribution >= 4 is 23.3 Å². The third kappa shape index (κ3) is 2.91. The van der Waals surface area contributed by atoms with E-state index in [1.54, 1.807) is 9.80 Å². The summed E-state index contributed by atoms with van der Waals surface area (Å²) >= 11 is 0. The number of hydrogen-bond acceptors (Lipinski definition) is 4. The Kier molecular flexibility index (Phi) is 4.51. The Balaban J connectivity index is 1.40. The van der Waals surface area contributed by atoms with E-state index in [0.29, 0.717) is 0 Å². The van der Waals surface area contributed by atoms with Crippen molar-refractivity contribution in [1.29, 1.82) is 0 Å². The van der Waals surface area contributed by atoms with Crippen LogP contribution >= 0.6 is 0 Å². The van der Waals surface area contributed by atoms with E-state index in [2.05, 4.69) is 34.1 Å². The molecule has 1 aromatic carbocycles. The molecule has 3 heterocycles. The number of carbonyl (C=O) groups excluding carboxylic acids is 2. The molecule has 0 spiro atoms. The van der Waals surface area contributed by atoms with Crippen LogP contribution in [0.4, 0.5) is 16.2 Å². The van der Waals surface area contributed by atoms with Crippen LogP contribution in [0, 0.1) is 0 Å². The number of hydrogen-bond donors (Lipinski definition) is 0. The zero-order valence-corrected chi connectivity index (χ0v) is 15.7. The van der Waals surface area contributed by atoms with Crippen LogP contribution in [0.15, 0.2) is 24.3 Å². The van der Waals surface area contributed by atoms with E-state index < -0.39 is 0 Å². The maximum Gasteiger partial charge on any atom is 0.327 e. The number of imide groups is 1. The number of piperidine rings is 2. The maximum atomic E-state index is 12.7. The van der Waals surface area contributed by atoms with Crippen LogP contribution in [0.3, 0.4) is 0 Å². The second-order valence-electron chi connectivity index (χ2n) is 7.82. The Bertz CT molecular complexity index is 656. The summed E-state index contributed by atoms with van der Waals surface area (Å²) < 4.78 is 0. The number of rotatable bonds is 3. The molecule has 3 amide bonds. The van der Waals surface area contributed by atoms with Crippen LogP contribution in [-0.2, 0) is 4.79 Å². The molecule has 3 fully saturated rings. The first-order valence-electron chi connectivity index (χ1n) is 9.72. The summed E-state index contributed by atoms with van der Waals surface area (Å²) in [5, 5.41) is 0. The molecule has 0 aromatic heterocycles. The van der Waals surface area contributed by atoms with Gasteiger partial charge in [-0.25, -0.2) is 4.79 Å². The lowest BCUT2D eigenvalue weighted by molar-refractivity contribution is -0.130. The van der Waals surface area contributed by atoms with Gasteiger partial charge >= 0.3 is 6.03 Å². The molecule has 6 heteroatoms. The number of benzene rings is 1. The number of fused-ring (bicyclic) bond motifs is 1. The quantitative estimate of drug-likeness (QED) is 0.781. The Morgan fingerprint density at radius 2 is 1.62 bits per heavy atom. The first-order valence-corrected chi connectivity index (χ1v) is 9.72. The van der Waals surface area contributed by atoms with Gasteiger partial charge in [0.15, 0.2) is 0 Å². The van der Waals surface area contributed by atoms with Gasteiger partial charge in [0.2, 0.25) is 0 Å². The van der Waals surface area contributed by atoms with Gasteiger partial charge in [-0.3, -0.25) is 9.69 Å². The van der Waals surface area contributed by atoms with Crippen LogP contribution in [0.5, 0.6) is 0 Å². The van der Waals surface area contributed by atoms with Gasteiger partial charge in [-0.15, -0.1) is 0 Å². The number of anilines is 2. The Labute approximate surface area is 155 Å². The zero-order chi connectivity index (χ0) is 18.3. The normalized spacial score (nSPS) is 24.2. The third-order valence-corrected chi connectivity index (χ3v) is 6.04. The molecule has 1 atom stereocenters. The molecule has 1 aromatic rings. The summed E-state index contributed by atoms with van der Waals surface area (Å²) in [5.74, 6) is 0.0449. The predicted octanol–water partition coefficient (Wildman–Crippen LogP) is 2.54. The molecule has 26 heavy (non-hydrogen) atoms. The smallest absolute Gasteiger partial charge is 0.327 e. The topological polar surface area (TPSA) is 47.1 Å². The Morgan fingerprint density at radius 1 is 0.923 bits per heavy atom. The highest BCUT2D eigenvalue weighted by molar-refractivity contribution is 6.04. The molecule has 3 aliphatic heterocycles. The fourth-order valence-electron chi connectivity index (χ4n) is 4.49. The van der Waals surface area contributed by atoms with Gasteiger partial charge in [-0.1, -0.05) is 0 Å². The molecule has 0 bridgehead atoms. The van der Waals surface area contributed by atoms with E-state index in [1.807, 2.05) is 14.1 Å². The SMILES string of the molecule is CN(C)c1ccc(N2CCC(N3C(=O)C4CCCCN4C3=O)CC2)cc1. The zero-order valence-electron chi connectivity index (χ0n) is 15.7. The van der Waals surface area contributed by atoms with Crippen LogP contribution in [-0.4, -0.2) is 67.6 Å². The van der Waals surface area contributed by atoms with Crippen LogP contribution < -0.4 is 9.80 Å². The summed E-state index contributed by atoms with van der Waals surface area (Å²) in [6.07, 6.45) is 4.61. The molecule has 3 aliphatic rings. The van der Waals surface area contributed by atoms with Crippen LogP contribution in [0.25, 0.3) is 0 Å². The van der Waals surface area contributed by atoms with E-state index in [4.69, 9.17) is 0 Å². The molecular weight excluding hydrogens is 328 g/mol. The van der Waals surface area contributed by atoms with Gasteiger partial charge < -0.3 is 14.7 Å². The molecule has 0 aliphatic carbocycles. The molecular formula is C20H28N4O2. The van der Waals surface area contributed by atoms with Crippen LogP contribution in [0.1, 0.15) is 32.1 Å². The number of amides is 3. The first-order chi connectivity index (χ1) is 12.6. The van der Waals surface area contributed by atoms with Gasteiger partial charge in [0.25, 0.3) is 5.91 Å². The third-order valence-electron chi connectivity index (χ3n) is 6.04. The molecule has 3 saturated heterocycles. The average Bonchev–Trinajstić information content (AvgIpc) is 2.93. The second-order valence-corrected chi connectivity index (χ2v) is 7.82. The van der Waals surface area contributed by atoms with Crippen molar-refractivity contribution in [3.05, 3.63) is 24.3 Å².